The highest BCUT2D eigenvalue weighted by molar-refractivity contribution is 7.84. The molecule has 0 aliphatic rings. The predicted octanol–water partition coefficient (Wildman–Crippen LogP) is 1.13. The van der Waals surface area contributed by atoms with Crippen LogP contribution in [0.1, 0.15) is 17.3 Å². The van der Waals surface area contributed by atoms with E-state index in [0.29, 0.717) is 5.69 Å². The van der Waals surface area contributed by atoms with Crippen molar-refractivity contribution >= 4 is 28.1 Å². The molecule has 1 aromatic carbocycles. The van der Waals surface area contributed by atoms with Crippen LogP contribution in [0.15, 0.2) is 18.2 Å². The van der Waals surface area contributed by atoms with Gasteiger partial charge >= 0.3 is 0 Å². The van der Waals surface area contributed by atoms with Gasteiger partial charge in [-0.2, -0.15) is 0 Å². The molecule has 2 N–H and O–H groups in total. The summed E-state index contributed by atoms with van der Waals surface area (Å²) in [6, 6.07) is 4.02. The Morgan fingerprint density at radius 2 is 2.15 bits per heavy atom. The van der Waals surface area contributed by atoms with Gasteiger partial charge in [0.2, 0.25) is 0 Å². The van der Waals surface area contributed by atoms with Crippen LogP contribution in [0, 0.1) is 10.1 Å². The molecule has 0 aliphatic carbocycles. The first-order valence-electron chi connectivity index (χ1n) is 5.93. The summed E-state index contributed by atoms with van der Waals surface area (Å²) in [5, 5.41) is 16.0. The molecule has 0 heterocycles. The predicted molar refractivity (Wildman–Crippen MR) is 78.5 cm³/mol. The minimum Gasteiger partial charge on any atom is -0.387 e. The number of hydrogen-bond acceptors (Lipinski definition) is 5. The van der Waals surface area contributed by atoms with Gasteiger partial charge in [-0.1, -0.05) is 0 Å². The minimum absolute atomic E-state index is 0.152. The summed E-state index contributed by atoms with van der Waals surface area (Å²) < 4.78 is 11.2. The molecule has 0 fully saturated rings. The monoisotopic (exact) mass is 299 g/mol. The number of nitrogens with one attached hydrogen (secondary N) is 2. The van der Waals surface area contributed by atoms with Crippen LogP contribution in [0.25, 0.3) is 0 Å². The molecule has 2 unspecified atom stereocenters. The molecule has 1 amide bonds. The Bertz CT molecular complexity index is 548. The van der Waals surface area contributed by atoms with Crippen LogP contribution in [0.4, 0.5) is 11.4 Å². The topological polar surface area (TPSA) is 101 Å². The highest BCUT2D eigenvalue weighted by atomic mass is 32.2. The Hall–Kier alpha value is -1.96. The molecular formula is C12H17N3O4S. The van der Waals surface area contributed by atoms with Crippen molar-refractivity contribution in [3.8, 4) is 0 Å². The number of nitro benzene ring substituents is 1. The second kappa shape index (κ2) is 6.99. The molecule has 8 heteroatoms. The minimum atomic E-state index is -1.04. The van der Waals surface area contributed by atoms with Gasteiger partial charge in [0.1, 0.15) is 0 Å². The van der Waals surface area contributed by atoms with Crippen LogP contribution in [-0.4, -0.2) is 40.1 Å². The number of rotatable bonds is 6. The summed E-state index contributed by atoms with van der Waals surface area (Å²) in [6.07, 6.45) is 1.56. The number of carbonyl (C=O) groups excluding carboxylic acids is 1. The van der Waals surface area contributed by atoms with Gasteiger partial charge in [0.15, 0.2) is 0 Å². The molecule has 20 heavy (non-hydrogen) atoms. The Morgan fingerprint density at radius 1 is 1.50 bits per heavy atom. The molecule has 0 aromatic heterocycles. The molecule has 1 aromatic rings. The standard InChI is InChI=1S/C12H17N3O4S/c1-8(20(3)19)7-14-12(16)10-6-9(15(17)18)4-5-11(10)13-2/h4-6,8,13H,7H2,1-3H3,(H,14,16). The van der Waals surface area contributed by atoms with Gasteiger partial charge in [-0.3, -0.25) is 19.1 Å². The lowest BCUT2D eigenvalue weighted by Crippen LogP contribution is -2.33. The van der Waals surface area contributed by atoms with E-state index in [1.54, 1.807) is 20.2 Å². The van der Waals surface area contributed by atoms with Crippen molar-refractivity contribution in [3.05, 3.63) is 33.9 Å². The van der Waals surface area contributed by atoms with Crippen LogP contribution >= 0.6 is 0 Å². The highest BCUT2D eigenvalue weighted by Gasteiger charge is 2.17. The van der Waals surface area contributed by atoms with Crippen LogP contribution < -0.4 is 10.6 Å². The Kier molecular flexibility index (Phi) is 5.63. The third kappa shape index (κ3) is 4.02. The van der Waals surface area contributed by atoms with Gasteiger partial charge in [-0.05, 0) is 13.0 Å². The number of benzene rings is 1. The van der Waals surface area contributed by atoms with Crippen LogP contribution in [-0.2, 0) is 10.8 Å². The molecule has 0 saturated carbocycles. The Balaban J connectivity index is 2.93. The van der Waals surface area contributed by atoms with Gasteiger partial charge in [0, 0.05) is 53.7 Å². The summed E-state index contributed by atoms with van der Waals surface area (Å²) in [5.41, 5.74) is 0.537. The van der Waals surface area contributed by atoms with Gasteiger partial charge < -0.3 is 10.6 Å². The number of non-ortho nitro benzene ring substituents is 1. The van der Waals surface area contributed by atoms with E-state index in [2.05, 4.69) is 10.6 Å². The largest absolute Gasteiger partial charge is 0.387 e. The third-order valence-corrected chi connectivity index (χ3v) is 4.14. The molecule has 0 radical (unpaired) electrons. The first kappa shape index (κ1) is 16.1. The first-order chi connectivity index (χ1) is 9.36. The first-order valence-corrected chi connectivity index (χ1v) is 7.55. The van der Waals surface area contributed by atoms with Crippen molar-refractivity contribution in [2.75, 3.05) is 25.2 Å². The third-order valence-electron chi connectivity index (χ3n) is 2.84. The zero-order valence-corrected chi connectivity index (χ0v) is 12.3. The molecule has 1 rings (SSSR count). The lowest BCUT2D eigenvalue weighted by atomic mass is 10.1. The average Bonchev–Trinajstić information content (AvgIpc) is 2.43. The number of anilines is 1. The van der Waals surface area contributed by atoms with Gasteiger partial charge in [0.05, 0.1) is 10.5 Å². The lowest BCUT2D eigenvalue weighted by Gasteiger charge is -2.12. The van der Waals surface area contributed by atoms with Crippen LogP contribution in [0.3, 0.4) is 0 Å². The van der Waals surface area contributed by atoms with Crippen LogP contribution in [0.5, 0.6) is 0 Å². The SMILES string of the molecule is CNc1ccc([N+](=O)[O-])cc1C(=O)NCC(C)S(C)=O. The highest BCUT2D eigenvalue weighted by Crippen LogP contribution is 2.21. The molecule has 0 saturated heterocycles. The summed E-state index contributed by atoms with van der Waals surface area (Å²) >= 11 is 0. The summed E-state index contributed by atoms with van der Waals surface area (Å²) in [6.45, 7) is 2.00. The smallest absolute Gasteiger partial charge is 0.270 e. The Labute approximate surface area is 119 Å². The van der Waals surface area contributed by atoms with Crippen molar-refractivity contribution in [1.29, 1.82) is 0 Å². The van der Waals surface area contributed by atoms with E-state index in [1.807, 2.05) is 0 Å². The average molecular weight is 299 g/mol. The fourth-order valence-corrected chi connectivity index (χ4v) is 1.82. The van der Waals surface area contributed by atoms with Crippen molar-refractivity contribution in [3.63, 3.8) is 0 Å². The van der Waals surface area contributed by atoms with Gasteiger partial charge in [-0.25, -0.2) is 0 Å². The maximum Gasteiger partial charge on any atom is 0.270 e. The second-order valence-electron chi connectivity index (χ2n) is 4.26. The van der Waals surface area contributed by atoms with Crippen LogP contribution in [0.2, 0.25) is 0 Å². The van der Waals surface area contributed by atoms with Crippen molar-refractivity contribution in [2.45, 2.75) is 12.2 Å². The maximum atomic E-state index is 12.1. The molecule has 0 spiro atoms. The molecular weight excluding hydrogens is 282 g/mol. The van der Waals surface area contributed by atoms with Crippen molar-refractivity contribution in [2.24, 2.45) is 0 Å². The van der Waals surface area contributed by atoms with E-state index < -0.39 is 21.6 Å². The molecule has 7 nitrogen and oxygen atoms in total. The van der Waals surface area contributed by atoms with E-state index in [1.165, 1.54) is 18.2 Å². The molecule has 110 valence electrons. The van der Waals surface area contributed by atoms with Gasteiger partial charge in [0.25, 0.3) is 11.6 Å². The Morgan fingerprint density at radius 3 is 2.65 bits per heavy atom. The van der Waals surface area contributed by atoms with E-state index >= 15 is 0 Å². The summed E-state index contributed by atoms with van der Waals surface area (Å²) in [7, 11) is 0.586. The second-order valence-corrected chi connectivity index (χ2v) is 6.06. The number of carbonyl (C=O) groups is 1. The van der Waals surface area contributed by atoms with E-state index in [4.69, 9.17) is 0 Å². The lowest BCUT2D eigenvalue weighted by molar-refractivity contribution is -0.384. The summed E-state index contributed by atoms with van der Waals surface area (Å²) in [5.74, 6) is -0.435. The fraction of sp³-hybridized carbons (Fsp3) is 0.417. The fourth-order valence-electron chi connectivity index (χ4n) is 1.50. The number of hydrogen-bond donors (Lipinski definition) is 2. The van der Waals surface area contributed by atoms with E-state index in [-0.39, 0.29) is 23.0 Å². The van der Waals surface area contributed by atoms with Gasteiger partial charge in [-0.15, -0.1) is 0 Å². The zero-order valence-electron chi connectivity index (χ0n) is 11.5. The summed E-state index contributed by atoms with van der Waals surface area (Å²) in [4.78, 5) is 22.2. The number of amides is 1. The molecule has 2 atom stereocenters. The maximum absolute atomic E-state index is 12.1. The molecule has 0 aliphatic heterocycles. The van der Waals surface area contributed by atoms with E-state index in [9.17, 15) is 19.1 Å². The number of nitro groups is 1. The zero-order chi connectivity index (χ0) is 15.3. The van der Waals surface area contributed by atoms with Crippen molar-refractivity contribution < 1.29 is 13.9 Å². The van der Waals surface area contributed by atoms with E-state index in [0.717, 1.165) is 0 Å². The number of nitrogens with zero attached hydrogens (tertiary/aromatic N) is 1. The normalized spacial score (nSPS) is 13.3. The molecule has 0 bridgehead atoms. The van der Waals surface area contributed by atoms with Crippen molar-refractivity contribution in [1.82, 2.24) is 5.32 Å². The quantitative estimate of drug-likeness (QED) is 0.605.